The average Bonchev–Trinajstić information content (AvgIpc) is 1.98. The van der Waals surface area contributed by atoms with Crippen molar-refractivity contribution in [3.63, 3.8) is 0 Å². The zero-order valence-corrected chi connectivity index (χ0v) is 7.15. The molecular formula is C8H5Cl2N. The third-order valence-electron chi connectivity index (χ3n) is 1.16. The molecule has 1 aromatic heterocycles. The summed E-state index contributed by atoms with van der Waals surface area (Å²) in [5, 5.41) is 0.756. The quantitative estimate of drug-likeness (QED) is 0.485. The van der Waals surface area contributed by atoms with Gasteiger partial charge in [0.2, 0.25) is 0 Å². The van der Waals surface area contributed by atoms with Crippen molar-refractivity contribution in [2.24, 2.45) is 0 Å². The molecule has 0 aromatic carbocycles. The fraction of sp³-hybridized carbons (Fsp3) is 0.125. The van der Waals surface area contributed by atoms with E-state index in [1.807, 2.05) is 0 Å². The minimum absolute atomic E-state index is 0.312. The van der Waals surface area contributed by atoms with Gasteiger partial charge < -0.3 is 0 Å². The lowest BCUT2D eigenvalue weighted by Gasteiger charge is -1.96. The van der Waals surface area contributed by atoms with E-state index in [2.05, 4.69) is 10.9 Å². The standard InChI is InChI=1S/C8H5Cl2N/c1-2-3-6-4-7(9)8(10)11-5-6/h1,4-5H,3H2. The molecule has 1 aromatic rings. The molecule has 1 rings (SSSR count). The molecule has 0 aliphatic heterocycles. The Morgan fingerprint density at radius 2 is 2.27 bits per heavy atom. The fourth-order valence-electron chi connectivity index (χ4n) is 0.675. The van der Waals surface area contributed by atoms with Crippen molar-refractivity contribution in [2.75, 3.05) is 0 Å². The minimum atomic E-state index is 0.312. The molecule has 0 fully saturated rings. The molecule has 0 atom stereocenters. The second kappa shape index (κ2) is 3.61. The molecule has 11 heavy (non-hydrogen) atoms. The van der Waals surface area contributed by atoms with Gasteiger partial charge in [-0.15, -0.1) is 12.3 Å². The molecule has 0 unspecified atom stereocenters. The Balaban J connectivity index is 2.98. The number of hydrogen-bond donors (Lipinski definition) is 0. The number of nitrogens with zero attached hydrogens (tertiary/aromatic N) is 1. The number of halogens is 2. The van der Waals surface area contributed by atoms with Crippen LogP contribution < -0.4 is 0 Å². The predicted molar refractivity (Wildman–Crippen MR) is 46.8 cm³/mol. The zero-order chi connectivity index (χ0) is 8.27. The number of aromatic nitrogens is 1. The van der Waals surface area contributed by atoms with Crippen LogP contribution in [-0.4, -0.2) is 4.98 Å². The van der Waals surface area contributed by atoms with Crippen molar-refractivity contribution in [2.45, 2.75) is 6.42 Å². The van der Waals surface area contributed by atoms with Crippen molar-refractivity contribution in [1.29, 1.82) is 0 Å². The Bertz CT molecular complexity index is 301. The molecule has 0 amide bonds. The Morgan fingerprint density at radius 1 is 1.55 bits per heavy atom. The van der Waals surface area contributed by atoms with E-state index >= 15 is 0 Å². The first-order chi connectivity index (χ1) is 5.24. The van der Waals surface area contributed by atoms with E-state index in [9.17, 15) is 0 Å². The highest BCUT2D eigenvalue weighted by molar-refractivity contribution is 6.41. The van der Waals surface area contributed by atoms with Gasteiger partial charge in [0.1, 0.15) is 5.15 Å². The molecule has 0 spiro atoms. The van der Waals surface area contributed by atoms with Crippen LogP contribution >= 0.6 is 23.2 Å². The van der Waals surface area contributed by atoms with E-state index < -0.39 is 0 Å². The van der Waals surface area contributed by atoms with Crippen LogP contribution in [0, 0.1) is 12.3 Å². The van der Waals surface area contributed by atoms with Gasteiger partial charge in [-0.3, -0.25) is 0 Å². The lowest BCUT2D eigenvalue weighted by Crippen LogP contribution is -1.84. The van der Waals surface area contributed by atoms with Crippen LogP contribution in [0.3, 0.4) is 0 Å². The van der Waals surface area contributed by atoms with E-state index in [1.165, 1.54) is 0 Å². The summed E-state index contributed by atoms with van der Waals surface area (Å²) >= 11 is 11.3. The Hall–Kier alpha value is -0.710. The van der Waals surface area contributed by atoms with Gasteiger partial charge in [0, 0.05) is 12.6 Å². The summed E-state index contributed by atoms with van der Waals surface area (Å²) in [4.78, 5) is 3.84. The van der Waals surface area contributed by atoms with Gasteiger partial charge in [0.25, 0.3) is 0 Å². The van der Waals surface area contributed by atoms with Crippen molar-refractivity contribution in [3.05, 3.63) is 28.0 Å². The summed E-state index contributed by atoms with van der Waals surface area (Å²) in [5.41, 5.74) is 0.905. The minimum Gasteiger partial charge on any atom is -0.243 e. The highest BCUT2D eigenvalue weighted by Gasteiger charge is 1.98. The monoisotopic (exact) mass is 185 g/mol. The van der Waals surface area contributed by atoms with Crippen molar-refractivity contribution in [3.8, 4) is 12.3 Å². The first kappa shape index (κ1) is 8.39. The van der Waals surface area contributed by atoms with E-state index in [-0.39, 0.29) is 0 Å². The molecule has 1 nitrogen and oxygen atoms in total. The van der Waals surface area contributed by atoms with Crippen LogP contribution in [0.5, 0.6) is 0 Å². The molecule has 0 radical (unpaired) electrons. The SMILES string of the molecule is C#CCc1cnc(Cl)c(Cl)c1. The number of hydrogen-bond acceptors (Lipinski definition) is 1. The Kier molecular flexibility index (Phi) is 2.76. The first-order valence-electron chi connectivity index (χ1n) is 2.97. The fourth-order valence-corrected chi connectivity index (χ4v) is 0.968. The summed E-state index contributed by atoms with van der Waals surface area (Å²) < 4.78 is 0. The molecule has 0 saturated heterocycles. The summed E-state index contributed by atoms with van der Waals surface area (Å²) in [6.07, 6.45) is 7.25. The van der Waals surface area contributed by atoms with Gasteiger partial charge in [-0.2, -0.15) is 0 Å². The normalized spacial score (nSPS) is 9.18. The van der Waals surface area contributed by atoms with Crippen LogP contribution in [-0.2, 0) is 6.42 Å². The van der Waals surface area contributed by atoms with Gasteiger partial charge in [0.05, 0.1) is 5.02 Å². The van der Waals surface area contributed by atoms with Crippen molar-refractivity contribution < 1.29 is 0 Å². The van der Waals surface area contributed by atoms with Crippen LogP contribution in [0.1, 0.15) is 5.56 Å². The topological polar surface area (TPSA) is 12.9 Å². The molecule has 56 valence electrons. The molecule has 0 saturated carbocycles. The van der Waals surface area contributed by atoms with E-state index in [0.717, 1.165) is 5.56 Å². The van der Waals surface area contributed by atoms with Gasteiger partial charge in [-0.05, 0) is 11.6 Å². The second-order valence-electron chi connectivity index (χ2n) is 2.00. The molecule has 1 heterocycles. The largest absolute Gasteiger partial charge is 0.243 e. The van der Waals surface area contributed by atoms with Crippen molar-refractivity contribution in [1.82, 2.24) is 4.98 Å². The third kappa shape index (κ3) is 2.11. The summed E-state index contributed by atoms with van der Waals surface area (Å²) in [6.45, 7) is 0. The molecule has 0 aliphatic carbocycles. The third-order valence-corrected chi connectivity index (χ3v) is 1.85. The highest BCUT2D eigenvalue weighted by atomic mass is 35.5. The van der Waals surface area contributed by atoms with E-state index in [1.54, 1.807) is 12.3 Å². The summed E-state index contributed by atoms with van der Waals surface area (Å²) in [7, 11) is 0. The van der Waals surface area contributed by atoms with Crippen LogP contribution in [0.2, 0.25) is 10.2 Å². The highest BCUT2D eigenvalue weighted by Crippen LogP contribution is 2.19. The predicted octanol–water partition coefficient (Wildman–Crippen LogP) is 2.56. The summed E-state index contributed by atoms with van der Waals surface area (Å²) in [6, 6.07) is 1.72. The van der Waals surface area contributed by atoms with Crippen molar-refractivity contribution >= 4 is 23.2 Å². The lowest BCUT2D eigenvalue weighted by molar-refractivity contribution is 1.21. The van der Waals surface area contributed by atoms with Gasteiger partial charge in [-0.1, -0.05) is 23.2 Å². The van der Waals surface area contributed by atoms with E-state index in [0.29, 0.717) is 16.6 Å². The second-order valence-corrected chi connectivity index (χ2v) is 2.76. The maximum atomic E-state index is 5.69. The molecule has 0 N–H and O–H groups in total. The maximum Gasteiger partial charge on any atom is 0.147 e. The van der Waals surface area contributed by atoms with E-state index in [4.69, 9.17) is 29.6 Å². The number of terminal acetylenes is 1. The Labute approximate surface area is 75.4 Å². The average molecular weight is 186 g/mol. The molecule has 0 bridgehead atoms. The molecular weight excluding hydrogens is 181 g/mol. The summed E-state index contributed by atoms with van der Waals surface area (Å²) in [5.74, 6) is 2.49. The van der Waals surface area contributed by atoms with Crippen LogP contribution in [0.4, 0.5) is 0 Å². The van der Waals surface area contributed by atoms with Crippen LogP contribution in [0.15, 0.2) is 12.3 Å². The lowest BCUT2D eigenvalue weighted by atomic mass is 10.2. The first-order valence-corrected chi connectivity index (χ1v) is 3.73. The smallest absolute Gasteiger partial charge is 0.147 e. The van der Waals surface area contributed by atoms with Gasteiger partial charge >= 0.3 is 0 Å². The molecule has 0 aliphatic rings. The Morgan fingerprint density at radius 3 is 2.82 bits per heavy atom. The number of pyridine rings is 1. The molecule has 3 heteroatoms. The maximum absolute atomic E-state index is 5.69. The van der Waals surface area contributed by atoms with Gasteiger partial charge in [0.15, 0.2) is 0 Å². The van der Waals surface area contributed by atoms with Crippen LogP contribution in [0.25, 0.3) is 0 Å². The van der Waals surface area contributed by atoms with Gasteiger partial charge in [-0.25, -0.2) is 4.98 Å². The number of rotatable bonds is 1. The zero-order valence-electron chi connectivity index (χ0n) is 5.64.